The number of piperidine rings is 1. The minimum absolute atomic E-state index is 0.291. The molecule has 0 spiro atoms. The highest BCUT2D eigenvalue weighted by Gasteiger charge is 2.36. The first kappa shape index (κ1) is 18.4. The van der Waals surface area contributed by atoms with Crippen LogP contribution in [0.25, 0.3) is 0 Å². The van der Waals surface area contributed by atoms with E-state index in [1.807, 2.05) is 0 Å². The Morgan fingerprint density at radius 3 is 2.42 bits per heavy atom. The number of sulfone groups is 1. The topological polar surface area (TPSA) is 72.5 Å². The second-order valence-corrected chi connectivity index (χ2v) is 8.48. The monoisotopic (exact) mass is 355 g/mol. The number of nitrogens with one attached hydrogen (secondary N) is 1. The third-order valence-electron chi connectivity index (χ3n) is 3.45. The Morgan fingerprint density at radius 2 is 1.88 bits per heavy atom. The van der Waals surface area contributed by atoms with Crippen LogP contribution in [-0.2, 0) is 19.4 Å². The first-order valence-corrected chi connectivity index (χ1v) is 9.31. The summed E-state index contributed by atoms with van der Waals surface area (Å²) in [4.78, 5) is 11.5. The standard InChI is InChI=1S/C17H22FNO4S/c1-17(2,3)23-16(20)15(13-9-6-7-11-19-13)24(21,22)14-10-5-4-8-12(14)18/h4-5,8,10,19H,6-7,9,11H2,1-3H3/b15-13-. The van der Waals surface area contributed by atoms with Gasteiger partial charge in [0, 0.05) is 12.2 Å². The molecule has 0 bridgehead atoms. The Hall–Kier alpha value is -1.89. The Morgan fingerprint density at radius 1 is 1.21 bits per heavy atom. The van der Waals surface area contributed by atoms with E-state index in [0.29, 0.717) is 18.7 Å². The van der Waals surface area contributed by atoms with E-state index >= 15 is 0 Å². The van der Waals surface area contributed by atoms with Crippen molar-refractivity contribution in [2.45, 2.75) is 50.5 Å². The minimum Gasteiger partial charge on any atom is -0.456 e. The normalized spacial score (nSPS) is 17.8. The van der Waals surface area contributed by atoms with Crippen LogP contribution < -0.4 is 5.32 Å². The molecule has 1 heterocycles. The molecule has 24 heavy (non-hydrogen) atoms. The molecule has 0 unspecified atom stereocenters. The molecule has 5 nitrogen and oxygen atoms in total. The molecule has 1 fully saturated rings. The Labute approximate surface area is 141 Å². The third-order valence-corrected chi connectivity index (χ3v) is 5.31. The van der Waals surface area contributed by atoms with Crippen LogP contribution in [0, 0.1) is 5.82 Å². The molecule has 0 aliphatic carbocycles. The van der Waals surface area contributed by atoms with Gasteiger partial charge in [-0.15, -0.1) is 0 Å². The number of hydrogen-bond acceptors (Lipinski definition) is 5. The average molecular weight is 355 g/mol. The predicted octanol–water partition coefficient (Wildman–Crippen LogP) is 2.93. The van der Waals surface area contributed by atoms with E-state index in [1.165, 1.54) is 12.1 Å². The largest absolute Gasteiger partial charge is 0.456 e. The number of benzene rings is 1. The van der Waals surface area contributed by atoms with Gasteiger partial charge < -0.3 is 10.1 Å². The van der Waals surface area contributed by atoms with Gasteiger partial charge in [-0.05, 0) is 52.2 Å². The van der Waals surface area contributed by atoms with E-state index in [9.17, 15) is 17.6 Å². The van der Waals surface area contributed by atoms with Gasteiger partial charge in [-0.3, -0.25) is 0 Å². The molecule has 0 radical (unpaired) electrons. The first-order chi connectivity index (χ1) is 11.1. The van der Waals surface area contributed by atoms with Crippen molar-refractivity contribution < 1.29 is 22.3 Å². The average Bonchev–Trinajstić information content (AvgIpc) is 2.46. The van der Waals surface area contributed by atoms with Crippen molar-refractivity contribution in [2.24, 2.45) is 0 Å². The van der Waals surface area contributed by atoms with Gasteiger partial charge in [0.2, 0.25) is 9.84 Å². The lowest BCUT2D eigenvalue weighted by Crippen LogP contribution is -2.32. The summed E-state index contributed by atoms with van der Waals surface area (Å²) in [5, 5.41) is 2.96. The van der Waals surface area contributed by atoms with Crippen molar-refractivity contribution in [3.8, 4) is 0 Å². The van der Waals surface area contributed by atoms with E-state index in [1.54, 1.807) is 20.8 Å². The molecule has 0 atom stereocenters. The number of rotatable bonds is 3. The number of ether oxygens (including phenoxy) is 1. The van der Waals surface area contributed by atoms with Crippen molar-refractivity contribution in [3.05, 3.63) is 40.7 Å². The minimum atomic E-state index is -4.34. The fraction of sp³-hybridized carbons (Fsp3) is 0.471. The Kier molecular flexibility index (Phi) is 5.32. The predicted molar refractivity (Wildman–Crippen MR) is 88.3 cm³/mol. The summed E-state index contributed by atoms with van der Waals surface area (Å²) in [5.74, 6) is -1.86. The van der Waals surface area contributed by atoms with E-state index in [4.69, 9.17) is 4.74 Å². The highest BCUT2D eigenvalue weighted by atomic mass is 32.2. The van der Waals surface area contributed by atoms with Crippen molar-refractivity contribution in [1.82, 2.24) is 5.32 Å². The molecule has 0 saturated carbocycles. The summed E-state index contributed by atoms with van der Waals surface area (Å²) in [7, 11) is -4.34. The van der Waals surface area contributed by atoms with Crippen LogP contribution in [0.5, 0.6) is 0 Å². The Balaban J connectivity index is 2.58. The van der Waals surface area contributed by atoms with E-state index in [0.717, 1.165) is 25.0 Å². The number of hydrogen-bond donors (Lipinski definition) is 1. The molecule has 1 N–H and O–H groups in total. The van der Waals surface area contributed by atoms with Crippen LogP contribution in [0.3, 0.4) is 0 Å². The van der Waals surface area contributed by atoms with Crippen LogP contribution in [0.1, 0.15) is 40.0 Å². The fourth-order valence-electron chi connectivity index (χ4n) is 2.44. The van der Waals surface area contributed by atoms with Gasteiger partial charge in [0.25, 0.3) is 0 Å². The molecule has 1 aliphatic rings. The first-order valence-electron chi connectivity index (χ1n) is 7.83. The summed E-state index contributed by atoms with van der Waals surface area (Å²) < 4.78 is 45.2. The number of carbonyl (C=O) groups is 1. The maximum absolute atomic E-state index is 14.0. The molecule has 0 aromatic heterocycles. The molecule has 2 rings (SSSR count). The molecule has 132 valence electrons. The van der Waals surface area contributed by atoms with E-state index in [2.05, 4.69) is 5.32 Å². The number of halogens is 1. The number of esters is 1. The van der Waals surface area contributed by atoms with Crippen LogP contribution in [0.2, 0.25) is 0 Å². The SMILES string of the molecule is CC(C)(C)OC(=O)/C(=C1\CCCCN1)S(=O)(=O)c1ccccc1F. The molecule has 7 heteroatoms. The van der Waals surface area contributed by atoms with Crippen LogP contribution in [-0.4, -0.2) is 26.5 Å². The van der Waals surface area contributed by atoms with Gasteiger partial charge in [0.15, 0.2) is 4.91 Å². The van der Waals surface area contributed by atoms with Gasteiger partial charge in [-0.25, -0.2) is 17.6 Å². The zero-order chi connectivity index (χ0) is 18.0. The maximum atomic E-state index is 14.0. The smallest absolute Gasteiger partial charge is 0.352 e. The number of carbonyl (C=O) groups excluding carboxylic acids is 1. The van der Waals surface area contributed by atoms with E-state index in [-0.39, 0.29) is 0 Å². The van der Waals surface area contributed by atoms with Crippen LogP contribution >= 0.6 is 0 Å². The van der Waals surface area contributed by atoms with Crippen molar-refractivity contribution >= 4 is 15.8 Å². The van der Waals surface area contributed by atoms with Crippen LogP contribution in [0.15, 0.2) is 39.8 Å². The third kappa shape index (κ3) is 4.14. The fourth-order valence-corrected chi connectivity index (χ4v) is 4.00. The summed E-state index contributed by atoms with van der Waals surface area (Å²) >= 11 is 0. The number of allylic oxidation sites excluding steroid dienone is 1. The summed E-state index contributed by atoms with van der Waals surface area (Å²) in [6.45, 7) is 5.51. The molecular formula is C17H22FNO4S. The highest BCUT2D eigenvalue weighted by Crippen LogP contribution is 2.29. The molecule has 1 aliphatic heterocycles. The zero-order valence-electron chi connectivity index (χ0n) is 14.1. The lowest BCUT2D eigenvalue weighted by molar-refractivity contribution is -0.149. The van der Waals surface area contributed by atoms with Gasteiger partial charge in [0.05, 0.1) is 0 Å². The highest BCUT2D eigenvalue weighted by molar-refractivity contribution is 7.96. The maximum Gasteiger partial charge on any atom is 0.352 e. The lowest BCUT2D eigenvalue weighted by Gasteiger charge is -2.24. The van der Waals surface area contributed by atoms with Crippen molar-refractivity contribution in [1.29, 1.82) is 0 Å². The zero-order valence-corrected chi connectivity index (χ0v) is 14.9. The van der Waals surface area contributed by atoms with E-state index < -0.39 is 37.0 Å². The second kappa shape index (κ2) is 6.93. The lowest BCUT2D eigenvalue weighted by atomic mass is 10.1. The van der Waals surface area contributed by atoms with Gasteiger partial charge in [-0.1, -0.05) is 12.1 Å². The van der Waals surface area contributed by atoms with Crippen LogP contribution in [0.4, 0.5) is 4.39 Å². The Bertz CT molecular complexity index is 755. The molecule has 1 saturated heterocycles. The molecular weight excluding hydrogens is 333 g/mol. The quantitative estimate of drug-likeness (QED) is 0.667. The summed E-state index contributed by atoms with van der Waals surface area (Å²) in [5.41, 5.74) is -0.568. The summed E-state index contributed by atoms with van der Waals surface area (Å²) in [6, 6.07) is 5.02. The molecule has 1 aromatic carbocycles. The van der Waals surface area contributed by atoms with Gasteiger partial charge in [-0.2, -0.15) is 0 Å². The summed E-state index contributed by atoms with van der Waals surface area (Å²) in [6.07, 6.45) is 2.04. The van der Waals surface area contributed by atoms with Gasteiger partial charge in [0.1, 0.15) is 16.3 Å². The van der Waals surface area contributed by atoms with Crippen molar-refractivity contribution in [2.75, 3.05) is 6.54 Å². The van der Waals surface area contributed by atoms with Crippen molar-refractivity contribution in [3.63, 3.8) is 0 Å². The molecule has 0 amide bonds. The molecule has 1 aromatic rings. The van der Waals surface area contributed by atoms with Gasteiger partial charge >= 0.3 is 5.97 Å². The second-order valence-electron chi connectivity index (χ2n) is 6.63.